The first kappa shape index (κ1) is 11.8. The minimum absolute atomic E-state index is 0.0279. The van der Waals surface area contributed by atoms with Crippen LogP contribution in [0.3, 0.4) is 0 Å². The second-order valence-corrected chi connectivity index (χ2v) is 5.13. The second kappa shape index (κ2) is 5.56. The number of hydrogen-bond acceptors (Lipinski definition) is 2. The fraction of sp³-hybridized carbons (Fsp3) is 0.133. The third-order valence-corrected chi connectivity index (χ3v) is 3.53. The molecule has 2 rings (SSSR count). The van der Waals surface area contributed by atoms with Crippen molar-refractivity contribution >= 4 is 11.8 Å². The van der Waals surface area contributed by atoms with Crippen molar-refractivity contribution in [1.82, 2.24) is 0 Å². The summed E-state index contributed by atoms with van der Waals surface area (Å²) in [7, 11) is 0. The highest BCUT2D eigenvalue weighted by Crippen LogP contribution is 2.33. The summed E-state index contributed by atoms with van der Waals surface area (Å²) in [6, 6.07) is 20.7. The van der Waals surface area contributed by atoms with Crippen LogP contribution in [0.4, 0.5) is 0 Å². The lowest BCUT2D eigenvalue weighted by atomic mass is 10.1. The van der Waals surface area contributed by atoms with Crippen LogP contribution < -0.4 is 0 Å². The Morgan fingerprint density at radius 3 is 2.35 bits per heavy atom. The van der Waals surface area contributed by atoms with Crippen molar-refractivity contribution in [2.45, 2.75) is 17.1 Å². The van der Waals surface area contributed by atoms with E-state index in [2.05, 4.69) is 30.3 Å². The van der Waals surface area contributed by atoms with Crippen molar-refractivity contribution in [2.24, 2.45) is 0 Å². The lowest BCUT2D eigenvalue weighted by Crippen LogP contribution is -1.91. The maximum Gasteiger partial charge on any atom is 0.0935 e. The summed E-state index contributed by atoms with van der Waals surface area (Å²) in [4.78, 5) is 1.16. The molecule has 0 saturated carbocycles. The summed E-state index contributed by atoms with van der Waals surface area (Å²) >= 11 is 1.60. The highest BCUT2D eigenvalue weighted by atomic mass is 32.2. The summed E-state index contributed by atoms with van der Waals surface area (Å²) in [5, 5.41) is 8.86. The van der Waals surface area contributed by atoms with Gasteiger partial charge in [0.25, 0.3) is 0 Å². The van der Waals surface area contributed by atoms with E-state index in [9.17, 15) is 0 Å². The summed E-state index contributed by atoms with van der Waals surface area (Å²) in [6.45, 7) is 1.92. The van der Waals surface area contributed by atoms with E-state index in [4.69, 9.17) is 5.26 Å². The standard InChI is InChI=1S/C15H13NS/c1-12(11-16)17-15-10-6-5-9-14(15)13-7-3-2-4-8-13/h2-10,12H,1H3/t12-/m0/s1. The smallest absolute Gasteiger partial charge is 0.0935 e. The molecule has 0 aliphatic carbocycles. The predicted molar refractivity (Wildman–Crippen MR) is 72.8 cm³/mol. The second-order valence-electron chi connectivity index (χ2n) is 3.75. The number of thioether (sulfide) groups is 1. The molecule has 1 nitrogen and oxygen atoms in total. The molecule has 17 heavy (non-hydrogen) atoms. The number of benzene rings is 2. The SMILES string of the molecule is C[C@@H](C#N)Sc1ccccc1-c1ccccc1. The van der Waals surface area contributed by atoms with E-state index < -0.39 is 0 Å². The Morgan fingerprint density at radius 1 is 1.00 bits per heavy atom. The summed E-state index contributed by atoms with van der Waals surface area (Å²) < 4.78 is 0. The monoisotopic (exact) mass is 239 g/mol. The molecule has 0 aliphatic rings. The molecule has 0 spiro atoms. The van der Waals surface area contributed by atoms with Gasteiger partial charge in [-0.1, -0.05) is 48.5 Å². The fourth-order valence-corrected chi connectivity index (χ4v) is 2.55. The van der Waals surface area contributed by atoms with Crippen molar-refractivity contribution in [3.05, 3.63) is 54.6 Å². The lowest BCUT2D eigenvalue weighted by Gasteiger charge is -2.09. The van der Waals surface area contributed by atoms with Gasteiger partial charge in [0.1, 0.15) is 0 Å². The van der Waals surface area contributed by atoms with Crippen molar-refractivity contribution < 1.29 is 0 Å². The molecular weight excluding hydrogens is 226 g/mol. The summed E-state index contributed by atoms with van der Waals surface area (Å²) in [5.74, 6) is 0. The van der Waals surface area contributed by atoms with Gasteiger partial charge in [-0.05, 0) is 24.1 Å². The molecule has 84 valence electrons. The molecular formula is C15H13NS. The minimum atomic E-state index is -0.0279. The van der Waals surface area contributed by atoms with Gasteiger partial charge in [-0.2, -0.15) is 5.26 Å². The van der Waals surface area contributed by atoms with Crippen LogP contribution in [0, 0.1) is 11.3 Å². The zero-order valence-electron chi connectivity index (χ0n) is 9.63. The molecule has 0 aromatic heterocycles. The van der Waals surface area contributed by atoms with E-state index in [1.807, 2.05) is 37.3 Å². The zero-order valence-corrected chi connectivity index (χ0v) is 10.4. The Kier molecular flexibility index (Phi) is 3.85. The Hall–Kier alpha value is -1.72. The average Bonchev–Trinajstić information content (AvgIpc) is 2.40. The van der Waals surface area contributed by atoms with E-state index in [0.29, 0.717) is 0 Å². The van der Waals surface area contributed by atoms with Crippen LogP contribution in [0.5, 0.6) is 0 Å². The molecule has 0 heterocycles. The first-order valence-corrected chi connectivity index (χ1v) is 6.40. The zero-order chi connectivity index (χ0) is 12.1. The number of nitriles is 1. The molecule has 0 saturated heterocycles. The quantitative estimate of drug-likeness (QED) is 0.743. The van der Waals surface area contributed by atoms with Crippen LogP contribution in [-0.4, -0.2) is 5.25 Å². The Balaban J connectivity index is 2.38. The van der Waals surface area contributed by atoms with Gasteiger partial charge >= 0.3 is 0 Å². The van der Waals surface area contributed by atoms with E-state index >= 15 is 0 Å². The van der Waals surface area contributed by atoms with Gasteiger partial charge in [0.2, 0.25) is 0 Å². The molecule has 0 radical (unpaired) electrons. The predicted octanol–water partition coefficient (Wildman–Crippen LogP) is 4.36. The number of hydrogen-bond donors (Lipinski definition) is 0. The van der Waals surface area contributed by atoms with Crippen LogP contribution >= 0.6 is 11.8 Å². The van der Waals surface area contributed by atoms with Gasteiger partial charge in [0.15, 0.2) is 0 Å². The van der Waals surface area contributed by atoms with Crippen LogP contribution in [0.15, 0.2) is 59.5 Å². The van der Waals surface area contributed by atoms with Crippen molar-refractivity contribution in [2.75, 3.05) is 0 Å². The summed E-state index contributed by atoms with van der Waals surface area (Å²) in [6.07, 6.45) is 0. The third-order valence-electron chi connectivity index (χ3n) is 2.46. The van der Waals surface area contributed by atoms with Crippen LogP contribution in [0.25, 0.3) is 11.1 Å². The van der Waals surface area contributed by atoms with Gasteiger partial charge in [-0.3, -0.25) is 0 Å². The normalized spacial score (nSPS) is 11.8. The fourth-order valence-electron chi connectivity index (χ4n) is 1.64. The molecule has 2 aromatic rings. The van der Waals surface area contributed by atoms with E-state index in [1.165, 1.54) is 11.1 Å². The molecule has 2 heteroatoms. The van der Waals surface area contributed by atoms with E-state index in [0.717, 1.165) is 4.90 Å². The van der Waals surface area contributed by atoms with E-state index in [-0.39, 0.29) is 5.25 Å². The van der Waals surface area contributed by atoms with Gasteiger partial charge in [-0.25, -0.2) is 0 Å². The van der Waals surface area contributed by atoms with Gasteiger partial charge < -0.3 is 0 Å². The molecule has 0 unspecified atom stereocenters. The van der Waals surface area contributed by atoms with Gasteiger partial charge in [0.05, 0.1) is 11.3 Å². The average molecular weight is 239 g/mol. The number of nitrogens with zero attached hydrogens (tertiary/aromatic N) is 1. The lowest BCUT2D eigenvalue weighted by molar-refractivity contribution is 1.23. The highest BCUT2D eigenvalue weighted by molar-refractivity contribution is 8.00. The van der Waals surface area contributed by atoms with Crippen molar-refractivity contribution in [1.29, 1.82) is 5.26 Å². The van der Waals surface area contributed by atoms with E-state index in [1.54, 1.807) is 11.8 Å². The largest absolute Gasteiger partial charge is 0.197 e. The first-order chi connectivity index (χ1) is 8.31. The molecule has 0 bridgehead atoms. The van der Waals surface area contributed by atoms with Gasteiger partial charge in [0, 0.05) is 4.90 Å². The Bertz CT molecular complexity index is 528. The molecule has 0 aliphatic heterocycles. The molecule has 0 amide bonds. The van der Waals surface area contributed by atoms with Crippen LogP contribution in [0.1, 0.15) is 6.92 Å². The Labute approximate surface area is 106 Å². The van der Waals surface area contributed by atoms with Crippen LogP contribution in [-0.2, 0) is 0 Å². The summed E-state index contributed by atoms with van der Waals surface area (Å²) in [5.41, 5.74) is 2.39. The minimum Gasteiger partial charge on any atom is -0.197 e. The maximum atomic E-state index is 8.89. The third kappa shape index (κ3) is 2.89. The maximum absolute atomic E-state index is 8.89. The van der Waals surface area contributed by atoms with Crippen molar-refractivity contribution in [3.63, 3.8) is 0 Å². The molecule has 1 atom stereocenters. The van der Waals surface area contributed by atoms with Gasteiger partial charge in [-0.15, -0.1) is 11.8 Å². The topological polar surface area (TPSA) is 23.8 Å². The molecule has 2 aromatic carbocycles. The number of rotatable bonds is 3. The molecule has 0 N–H and O–H groups in total. The highest BCUT2D eigenvalue weighted by Gasteiger charge is 2.08. The first-order valence-electron chi connectivity index (χ1n) is 5.52. The van der Waals surface area contributed by atoms with Crippen molar-refractivity contribution in [3.8, 4) is 17.2 Å². The van der Waals surface area contributed by atoms with Crippen LogP contribution in [0.2, 0.25) is 0 Å². The Morgan fingerprint density at radius 2 is 1.65 bits per heavy atom. The molecule has 0 fully saturated rings.